The van der Waals surface area contributed by atoms with Crippen LogP contribution in [0.25, 0.3) is 16.6 Å². The topological polar surface area (TPSA) is 126 Å². The van der Waals surface area contributed by atoms with Gasteiger partial charge in [-0.15, -0.1) is 5.10 Å². The number of aromatic nitrogens is 5. The Labute approximate surface area is 251 Å². The Morgan fingerprint density at radius 3 is 2.39 bits per heavy atom. The van der Waals surface area contributed by atoms with Gasteiger partial charge in [0, 0.05) is 56.0 Å². The number of tetrazole rings is 1. The predicted molar refractivity (Wildman–Crippen MR) is 152 cm³/mol. The fourth-order valence-electron chi connectivity index (χ4n) is 5.22. The summed E-state index contributed by atoms with van der Waals surface area (Å²) in [6.45, 7) is 1.40. The first-order chi connectivity index (χ1) is 21.0. The maximum absolute atomic E-state index is 15.3. The van der Waals surface area contributed by atoms with Crippen molar-refractivity contribution in [3.8, 4) is 5.69 Å². The number of piperazine rings is 1. The maximum Gasteiger partial charge on any atom is 0.416 e. The van der Waals surface area contributed by atoms with E-state index in [2.05, 4.69) is 15.5 Å². The van der Waals surface area contributed by atoms with Gasteiger partial charge in [0.2, 0.25) is 16.5 Å². The molecule has 3 heterocycles. The lowest BCUT2D eigenvalue weighted by molar-refractivity contribution is -0.137. The molecule has 2 aromatic carbocycles. The molecule has 0 spiro atoms. The molecule has 1 aliphatic carbocycles. The predicted octanol–water partition coefficient (Wildman–Crippen LogP) is 4.00. The summed E-state index contributed by atoms with van der Waals surface area (Å²) < 4.78 is 56.9. The summed E-state index contributed by atoms with van der Waals surface area (Å²) in [7, 11) is 0. The molecule has 11 nitrogen and oxygen atoms in total. The molecule has 2 aliphatic rings. The van der Waals surface area contributed by atoms with E-state index in [0.717, 1.165) is 31.0 Å². The van der Waals surface area contributed by atoms with Gasteiger partial charge in [0.05, 0.1) is 22.5 Å². The van der Waals surface area contributed by atoms with E-state index in [1.54, 1.807) is 20.4 Å². The smallest absolute Gasteiger partial charge is 0.416 e. The third-order valence-electron chi connectivity index (χ3n) is 7.67. The third kappa shape index (κ3) is 5.85. The maximum atomic E-state index is 15.3. The second kappa shape index (κ2) is 11.6. The molecule has 16 heteroatoms. The highest BCUT2D eigenvalue weighted by Crippen LogP contribution is 2.38. The van der Waals surface area contributed by atoms with Crippen LogP contribution < -0.4 is 10.3 Å². The number of pyridine rings is 1. The molecule has 1 N–H and O–H groups in total. The first-order valence-corrected chi connectivity index (χ1v) is 14.7. The number of rotatable bonds is 8. The summed E-state index contributed by atoms with van der Waals surface area (Å²) in [5, 5.41) is 21.2. The highest BCUT2D eigenvalue weighted by molar-refractivity contribution is 7.99. The zero-order chi connectivity index (χ0) is 31.2. The molecule has 0 atom stereocenters. The van der Waals surface area contributed by atoms with E-state index in [0.29, 0.717) is 48.3 Å². The summed E-state index contributed by atoms with van der Waals surface area (Å²) in [5.74, 6) is -1.78. The van der Waals surface area contributed by atoms with Crippen LogP contribution in [0.15, 0.2) is 52.5 Å². The number of carboxylic acids is 1. The van der Waals surface area contributed by atoms with Crippen LogP contribution in [0.3, 0.4) is 0 Å². The van der Waals surface area contributed by atoms with Crippen LogP contribution in [-0.4, -0.2) is 78.6 Å². The normalized spacial score (nSPS) is 15.6. The van der Waals surface area contributed by atoms with Gasteiger partial charge in [0.1, 0.15) is 11.4 Å². The highest BCUT2D eigenvalue weighted by Gasteiger charge is 2.31. The minimum atomic E-state index is -4.46. The summed E-state index contributed by atoms with van der Waals surface area (Å²) in [4.78, 5) is 40.7. The van der Waals surface area contributed by atoms with Crippen LogP contribution in [-0.2, 0) is 11.0 Å². The van der Waals surface area contributed by atoms with Gasteiger partial charge >= 0.3 is 12.1 Å². The van der Waals surface area contributed by atoms with E-state index < -0.39 is 34.5 Å². The second-order valence-corrected chi connectivity index (χ2v) is 11.6. The molecular formula is C28H25F4N7O4S. The number of carbonyl (C=O) groups excluding carboxylic acids is 1. The number of anilines is 1. The number of hydrogen-bond acceptors (Lipinski definition) is 8. The number of nitrogens with zero attached hydrogens (tertiary/aromatic N) is 7. The Bertz CT molecular complexity index is 1800. The Morgan fingerprint density at radius 2 is 1.75 bits per heavy atom. The van der Waals surface area contributed by atoms with E-state index in [4.69, 9.17) is 0 Å². The van der Waals surface area contributed by atoms with E-state index in [9.17, 15) is 32.7 Å². The molecule has 1 aliphatic heterocycles. The number of benzene rings is 2. The molecule has 0 radical (unpaired) electrons. The third-order valence-corrected chi connectivity index (χ3v) is 8.59. The summed E-state index contributed by atoms with van der Waals surface area (Å²) >= 11 is 1.20. The lowest BCUT2D eigenvalue weighted by Crippen LogP contribution is -2.49. The van der Waals surface area contributed by atoms with Gasteiger partial charge in [-0.05, 0) is 59.7 Å². The van der Waals surface area contributed by atoms with Crippen LogP contribution in [0.4, 0.5) is 23.2 Å². The first-order valence-electron chi connectivity index (χ1n) is 13.7. The Kier molecular flexibility index (Phi) is 7.77. The quantitative estimate of drug-likeness (QED) is 0.227. The SMILES string of the molecule is O=C(O)c1cn(C2CC2)c2cc(N3CCN(C(=O)CCSc4nnnn4-c4ccc(C(F)(F)F)cc4)CC3)c(F)cc2c1=O. The second-order valence-electron chi connectivity index (χ2n) is 10.5. The summed E-state index contributed by atoms with van der Waals surface area (Å²) in [6.07, 6.45) is -1.28. The molecule has 230 valence electrons. The zero-order valence-electron chi connectivity index (χ0n) is 23.0. The van der Waals surface area contributed by atoms with E-state index in [1.165, 1.54) is 34.8 Å². The Balaban J connectivity index is 1.08. The molecule has 0 unspecified atom stereocenters. The Hall–Kier alpha value is -4.47. The van der Waals surface area contributed by atoms with Crippen LogP contribution in [0.1, 0.15) is 41.2 Å². The molecule has 1 saturated heterocycles. The van der Waals surface area contributed by atoms with Crippen LogP contribution in [0, 0.1) is 5.82 Å². The molecule has 0 bridgehead atoms. The van der Waals surface area contributed by atoms with Crippen molar-refractivity contribution in [1.29, 1.82) is 0 Å². The first kappa shape index (κ1) is 29.6. The Morgan fingerprint density at radius 1 is 1.05 bits per heavy atom. The number of aromatic carboxylic acids is 1. The number of amides is 1. The number of fused-ring (bicyclic) bond motifs is 1. The number of thioether (sulfide) groups is 1. The number of alkyl halides is 3. The fraction of sp³-hybridized carbons (Fsp3) is 0.357. The largest absolute Gasteiger partial charge is 0.477 e. The monoisotopic (exact) mass is 631 g/mol. The van der Waals surface area contributed by atoms with Crippen LogP contribution in [0.5, 0.6) is 0 Å². The number of halogens is 4. The van der Waals surface area contributed by atoms with Gasteiger partial charge in [-0.2, -0.15) is 17.9 Å². The fourth-order valence-corrected chi connectivity index (χ4v) is 6.03. The van der Waals surface area contributed by atoms with Crippen molar-refractivity contribution in [2.75, 3.05) is 36.8 Å². The number of hydrogen-bond donors (Lipinski definition) is 1. The van der Waals surface area contributed by atoms with Crippen LogP contribution in [0.2, 0.25) is 0 Å². The van der Waals surface area contributed by atoms with Gasteiger partial charge < -0.3 is 19.5 Å². The van der Waals surface area contributed by atoms with Gasteiger partial charge in [-0.1, -0.05) is 11.8 Å². The van der Waals surface area contributed by atoms with Gasteiger partial charge in [0.15, 0.2) is 0 Å². The molecule has 1 saturated carbocycles. The molecule has 2 fully saturated rings. The summed E-state index contributed by atoms with van der Waals surface area (Å²) in [6, 6.07) is 7.17. The summed E-state index contributed by atoms with van der Waals surface area (Å²) in [5.41, 5.74) is -0.787. The minimum absolute atomic E-state index is 0.0220. The van der Waals surface area contributed by atoms with Gasteiger partial charge in [0.25, 0.3) is 0 Å². The van der Waals surface area contributed by atoms with Crippen LogP contribution >= 0.6 is 11.8 Å². The highest BCUT2D eigenvalue weighted by atomic mass is 32.2. The van der Waals surface area contributed by atoms with Crippen molar-refractivity contribution in [3.05, 3.63) is 69.8 Å². The lowest BCUT2D eigenvalue weighted by atomic mass is 10.1. The average Bonchev–Trinajstić information content (AvgIpc) is 3.74. The van der Waals surface area contributed by atoms with Gasteiger partial charge in [-0.25, -0.2) is 9.18 Å². The van der Waals surface area contributed by atoms with Crippen molar-refractivity contribution in [3.63, 3.8) is 0 Å². The average molecular weight is 632 g/mol. The van der Waals surface area contributed by atoms with Crippen molar-refractivity contribution < 1.29 is 32.3 Å². The lowest BCUT2D eigenvalue weighted by Gasteiger charge is -2.36. The minimum Gasteiger partial charge on any atom is -0.477 e. The van der Waals surface area contributed by atoms with E-state index in [1.807, 2.05) is 0 Å². The molecule has 1 amide bonds. The van der Waals surface area contributed by atoms with E-state index >= 15 is 4.39 Å². The van der Waals surface area contributed by atoms with Crippen molar-refractivity contribution >= 4 is 40.2 Å². The zero-order valence-corrected chi connectivity index (χ0v) is 23.8. The van der Waals surface area contributed by atoms with Crippen molar-refractivity contribution in [1.82, 2.24) is 29.7 Å². The molecule has 44 heavy (non-hydrogen) atoms. The number of carboxylic acid groups (broad SMARTS) is 1. The standard InChI is InChI=1S/C28H25F4N7O4S/c29-21-13-19-22(38(17-5-6-17)15-20(25(19)41)26(42)43)14-23(21)36-8-10-37(11-9-36)24(40)7-12-44-27-33-34-35-39(27)18-3-1-16(2-4-18)28(30,31)32/h1-4,13-15,17H,5-12H2,(H,42,43). The van der Waals surface area contributed by atoms with Crippen molar-refractivity contribution in [2.24, 2.45) is 0 Å². The van der Waals surface area contributed by atoms with Gasteiger partial charge in [-0.3, -0.25) is 9.59 Å². The molecular weight excluding hydrogens is 606 g/mol. The number of carbonyl (C=O) groups is 2. The molecule has 2 aromatic heterocycles. The van der Waals surface area contributed by atoms with E-state index in [-0.39, 0.29) is 29.4 Å². The molecule has 4 aromatic rings. The molecule has 6 rings (SSSR count). The van der Waals surface area contributed by atoms with Crippen molar-refractivity contribution in [2.45, 2.75) is 36.6 Å².